The third-order valence-corrected chi connectivity index (χ3v) is 3.73. The van der Waals surface area contributed by atoms with Gasteiger partial charge in [-0.15, -0.1) is 0 Å². The van der Waals surface area contributed by atoms with E-state index in [0.29, 0.717) is 12.2 Å². The quantitative estimate of drug-likeness (QED) is 0.757. The molecule has 0 bridgehead atoms. The molecule has 1 aromatic carbocycles. The van der Waals surface area contributed by atoms with Crippen molar-refractivity contribution in [1.29, 1.82) is 5.26 Å². The van der Waals surface area contributed by atoms with Crippen molar-refractivity contribution in [2.24, 2.45) is 0 Å². The van der Waals surface area contributed by atoms with Crippen LogP contribution in [0.1, 0.15) is 12.0 Å². The molecule has 0 aromatic heterocycles. The largest absolute Gasteiger partial charge is 0.494 e. The van der Waals surface area contributed by atoms with Gasteiger partial charge >= 0.3 is 0 Å². The molecule has 0 unspecified atom stereocenters. The highest BCUT2D eigenvalue weighted by atomic mass is 16.5. The van der Waals surface area contributed by atoms with Crippen molar-refractivity contribution in [2.75, 3.05) is 52.5 Å². The second-order valence-electron chi connectivity index (χ2n) is 5.25. The van der Waals surface area contributed by atoms with Gasteiger partial charge in [-0.05, 0) is 24.6 Å². The predicted octanol–water partition coefficient (Wildman–Crippen LogP) is 0.937. The summed E-state index contributed by atoms with van der Waals surface area (Å²) in [6.07, 6.45) is 0.983. The van der Waals surface area contributed by atoms with Gasteiger partial charge in [-0.25, -0.2) is 0 Å². The molecule has 5 nitrogen and oxygen atoms in total. The number of hydrogen-bond acceptors (Lipinski definition) is 5. The zero-order chi connectivity index (χ0) is 14.9. The van der Waals surface area contributed by atoms with E-state index in [1.807, 2.05) is 12.1 Å². The summed E-state index contributed by atoms with van der Waals surface area (Å²) in [5.74, 6) is 0.766. The Labute approximate surface area is 126 Å². The Hall–Kier alpha value is -1.61. The topological polar surface area (TPSA) is 59.7 Å². The van der Waals surface area contributed by atoms with Crippen LogP contribution in [0.4, 0.5) is 0 Å². The lowest BCUT2D eigenvalue weighted by atomic mass is 10.2. The molecule has 1 N–H and O–H groups in total. The summed E-state index contributed by atoms with van der Waals surface area (Å²) in [6, 6.07) is 9.39. The number of piperazine rings is 1. The first-order chi connectivity index (χ1) is 10.3. The Morgan fingerprint density at radius 2 is 1.86 bits per heavy atom. The summed E-state index contributed by atoms with van der Waals surface area (Å²) in [6.45, 7) is 6.92. The van der Waals surface area contributed by atoms with E-state index < -0.39 is 0 Å². The maximum atomic E-state index is 8.91. The Morgan fingerprint density at radius 1 is 1.14 bits per heavy atom. The fourth-order valence-corrected chi connectivity index (χ4v) is 2.51. The Bertz CT molecular complexity index is 465. The van der Waals surface area contributed by atoms with Crippen LogP contribution >= 0.6 is 0 Å². The van der Waals surface area contributed by atoms with E-state index >= 15 is 0 Å². The molecule has 1 aromatic rings. The van der Waals surface area contributed by atoms with Crippen molar-refractivity contribution in [3.05, 3.63) is 29.8 Å². The zero-order valence-corrected chi connectivity index (χ0v) is 12.4. The molecule has 2 rings (SSSR count). The van der Waals surface area contributed by atoms with E-state index in [1.54, 1.807) is 12.1 Å². The van der Waals surface area contributed by atoms with E-state index in [-0.39, 0.29) is 6.61 Å². The SMILES string of the molecule is N#Cc1cccc(OCCCN2CCN(CCO)CC2)c1. The fourth-order valence-electron chi connectivity index (χ4n) is 2.51. The van der Waals surface area contributed by atoms with Crippen LogP contribution in [0.3, 0.4) is 0 Å². The van der Waals surface area contributed by atoms with Crippen LogP contribution in [0, 0.1) is 11.3 Å². The highest BCUT2D eigenvalue weighted by Crippen LogP contribution is 2.12. The monoisotopic (exact) mass is 289 g/mol. The minimum atomic E-state index is 0.246. The number of aliphatic hydroxyl groups is 1. The molecule has 21 heavy (non-hydrogen) atoms. The molecule has 0 atom stereocenters. The van der Waals surface area contributed by atoms with Crippen molar-refractivity contribution in [3.8, 4) is 11.8 Å². The molecular formula is C16H23N3O2. The van der Waals surface area contributed by atoms with Crippen LogP contribution in [0.2, 0.25) is 0 Å². The summed E-state index contributed by atoms with van der Waals surface area (Å²) in [4.78, 5) is 4.73. The van der Waals surface area contributed by atoms with Gasteiger partial charge in [-0.3, -0.25) is 4.90 Å². The highest BCUT2D eigenvalue weighted by Gasteiger charge is 2.15. The van der Waals surface area contributed by atoms with E-state index in [4.69, 9.17) is 15.1 Å². The Morgan fingerprint density at radius 3 is 2.52 bits per heavy atom. The molecule has 114 valence electrons. The standard InChI is InChI=1S/C16H23N3O2/c17-14-15-3-1-4-16(13-15)21-12-2-5-18-6-8-19(9-7-18)10-11-20/h1,3-4,13,20H,2,5-12H2. The number of nitriles is 1. The van der Waals surface area contributed by atoms with Crippen LogP contribution in [0.5, 0.6) is 5.75 Å². The molecule has 0 amide bonds. The van der Waals surface area contributed by atoms with Gasteiger partial charge in [0.15, 0.2) is 0 Å². The van der Waals surface area contributed by atoms with Crippen molar-refractivity contribution in [1.82, 2.24) is 9.80 Å². The molecule has 0 spiro atoms. The van der Waals surface area contributed by atoms with Crippen LogP contribution in [0.15, 0.2) is 24.3 Å². The van der Waals surface area contributed by atoms with Gasteiger partial charge in [0.05, 0.1) is 24.8 Å². The second kappa shape index (κ2) is 8.63. The van der Waals surface area contributed by atoms with Crippen molar-refractivity contribution in [2.45, 2.75) is 6.42 Å². The average Bonchev–Trinajstić information content (AvgIpc) is 2.53. The van der Waals surface area contributed by atoms with Gasteiger partial charge in [0.1, 0.15) is 5.75 Å². The van der Waals surface area contributed by atoms with Crippen LogP contribution in [0.25, 0.3) is 0 Å². The van der Waals surface area contributed by atoms with E-state index in [0.717, 1.165) is 51.4 Å². The first-order valence-electron chi connectivity index (χ1n) is 7.50. The molecule has 1 fully saturated rings. The van der Waals surface area contributed by atoms with E-state index in [9.17, 15) is 0 Å². The summed E-state index contributed by atoms with van der Waals surface area (Å²) >= 11 is 0. The number of ether oxygens (including phenoxy) is 1. The minimum absolute atomic E-state index is 0.246. The smallest absolute Gasteiger partial charge is 0.120 e. The Balaban J connectivity index is 1.61. The van der Waals surface area contributed by atoms with Gasteiger partial charge in [-0.2, -0.15) is 5.26 Å². The first kappa shape index (κ1) is 15.8. The van der Waals surface area contributed by atoms with Crippen molar-refractivity contribution in [3.63, 3.8) is 0 Å². The number of nitrogens with zero attached hydrogens (tertiary/aromatic N) is 3. The Kier molecular flexibility index (Phi) is 6.48. The number of rotatable bonds is 7. The molecule has 1 aliphatic heterocycles. The van der Waals surface area contributed by atoms with Crippen LogP contribution < -0.4 is 4.74 Å². The van der Waals surface area contributed by atoms with Crippen molar-refractivity contribution < 1.29 is 9.84 Å². The summed E-state index contributed by atoms with van der Waals surface area (Å²) in [7, 11) is 0. The number of hydrogen-bond donors (Lipinski definition) is 1. The lowest BCUT2D eigenvalue weighted by Gasteiger charge is -2.34. The predicted molar refractivity (Wildman–Crippen MR) is 81.2 cm³/mol. The number of aliphatic hydroxyl groups excluding tert-OH is 1. The molecule has 0 radical (unpaired) electrons. The van der Waals surface area contributed by atoms with E-state index in [2.05, 4.69) is 15.9 Å². The summed E-state index contributed by atoms with van der Waals surface area (Å²) in [5, 5.41) is 17.7. The molecule has 1 aliphatic rings. The normalized spacial score (nSPS) is 16.6. The average molecular weight is 289 g/mol. The molecule has 0 saturated carbocycles. The maximum Gasteiger partial charge on any atom is 0.120 e. The highest BCUT2D eigenvalue weighted by molar-refractivity contribution is 5.36. The van der Waals surface area contributed by atoms with Crippen LogP contribution in [-0.4, -0.2) is 67.4 Å². The van der Waals surface area contributed by atoms with Gasteiger partial charge in [0, 0.05) is 39.3 Å². The number of β-amino-alcohol motifs (C(OH)–C–C–N with tert-alkyl or cyclic N) is 1. The third-order valence-electron chi connectivity index (χ3n) is 3.73. The summed E-state index contributed by atoms with van der Waals surface area (Å²) < 4.78 is 5.68. The molecule has 1 heterocycles. The van der Waals surface area contributed by atoms with Gasteiger partial charge in [0.2, 0.25) is 0 Å². The minimum Gasteiger partial charge on any atom is -0.494 e. The van der Waals surface area contributed by atoms with Gasteiger partial charge in [-0.1, -0.05) is 6.07 Å². The van der Waals surface area contributed by atoms with Gasteiger partial charge in [0.25, 0.3) is 0 Å². The van der Waals surface area contributed by atoms with Crippen LogP contribution in [-0.2, 0) is 0 Å². The first-order valence-corrected chi connectivity index (χ1v) is 7.50. The summed E-state index contributed by atoms with van der Waals surface area (Å²) in [5.41, 5.74) is 0.632. The fraction of sp³-hybridized carbons (Fsp3) is 0.562. The number of benzene rings is 1. The molecule has 0 aliphatic carbocycles. The third kappa shape index (κ3) is 5.35. The lowest BCUT2D eigenvalue weighted by molar-refractivity contribution is 0.108. The van der Waals surface area contributed by atoms with E-state index in [1.165, 1.54) is 0 Å². The molecular weight excluding hydrogens is 266 g/mol. The maximum absolute atomic E-state index is 8.91. The van der Waals surface area contributed by atoms with Crippen molar-refractivity contribution >= 4 is 0 Å². The zero-order valence-electron chi connectivity index (χ0n) is 12.4. The molecule has 5 heteroatoms. The van der Waals surface area contributed by atoms with Gasteiger partial charge < -0.3 is 14.7 Å². The second-order valence-corrected chi connectivity index (χ2v) is 5.25. The molecule has 1 saturated heterocycles. The lowest BCUT2D eigenvalue weighted by Crippen LogP contribution is -2.47.